The van der Waals surface area contributed by atoms with Crippen LogP contribution in [0.3, 0.4) is 0 Å². The lowest BCUT2D eigenvalue weighted by atomic mass is 10.2. The van der Waals surface area contributed by atoms with Gasteiger partial charge in [0.15, 0.2) is 0 Å². The van der Waals surface area contributed by atoms with Crippen LogP contribution >= 0.6 is 27.3 Å². The maximum absolute atomic E-state index is 5.45. The monoisotopic (exact) mass is 363 g/mol. The number of hydrazine groups is 1. The summed E-state index contributed by atoms with van der Waals surface area (Å²) in [6.07, 6.45) is 0. The number of hydrogen-bond acceptors (Lipinski definition) is 6. The van der Waals surface area contributed by atoms with Gasteiger partial charge in [0.1, 0.15) is 10.6 Å². The molecule has 0 saturated carbocycles. The van der Waals surface area contributed by atoms with Crippen molar-refractivity contribution in [1.82, 2.24) is 9.97 Å². The summed E-state index contributed by atoms with van der Waals surface area (Å²) in [4.78, 5) is 10.9. The molecule has 0 saturated heterocycles. The van der Waals surface area contributed by atoms with Gasteiger partial charge in [-0.25, -0.2) is 10.8 Å². The van der Waals surface area contributed by atoms with Crippen molar-refractivity contribution in [2.75, 3.05) is 10.7 Å². The van der Waals surface area contributed by atoms with Gasteiger partial charge in [-0.2, -0.15) is 4.98 Å². The topological polar surface area (TPSA) is 75.9 Å². The molecule has 0 amide bonds. The number of halogens is 1. The molecule has 0 aliphatic heterocycles. The zero-order valence-corrected chi connectivity index (χ0v) is 14.0. The number of nitrogen functional groups attached to an aromatic ring is 1. The maximum Gasteiger partial charge on any atom is 0.240 e. The normalized spacial score (nSPS) is 10.9. The Kier molecular flexibility index (Phi) is 3.79. The van der Waals surface area contributed by atoms with Gasteiger partial charge in [-0.1, -0.05) is 22.0 Å². The van der Waals surface area contributed by atoms with Gasteiger partial charge in [0.2, 0.25) is 5.95 Å². The third-order valence-electron chi connectivity index (χ3n) is 3.08. The van der Waals surface area contributed by atoms with Gasteiger partial charge in [-0.15, -0.1) is 11.3 Å². The van der Waals surface area contributed by atoms with Gasteiger partial charge in [-0.3, -0.25) is 5.43 Å². The van der Waals surface area contributed by atoms with Crippen LogP contribution in [0.4, 0.5) is 17.5 Å². The average molecular weight is 364 g/mol. The van der Waals surface area contributed by atoms with Crippen molar-refractivity contribution in [2.45, 2.75) is 13.8 Å². The van der Waals surface area contributed by atoms with E-state index in [1.165, 1.54) is 10.4 Å². The van der Waals surface area contributed by atoms with Crippen LogP contribution in [0.25, 0.3) is 10.2 Å². The fourth-order valence-corrected chi connectivity index (χ4v) is 3.27. The van der Waals surface area contributed by atoms with Crippen LogP contribution in [0.2, 0.25) is 0 Å². The number of nitrogens with one attached hydrogen (secondary N) is 2. The van der Waals surface area contributed by atoms with E-state index < -0.39 is 0 Å². The minimum atomic E-state index is 0.401. The van der Waals surface area contributed by atoms with Gasteiger partial charge < -0.3 is 5.32 Å². The van der Waals surface area contributed by atoms with Gasteiger partial charge in [0.05, 0.1) is 5.39 Å². The van der Waals surface area contributed by atoms with Crippen molar-refractivity contribution in [3.8, 4) is 0 Å². The summed E-state index contributed by atoms with van der Waals surface area (Å²) in [5, 5.41) is 4.33. The molecule has 0 unspecified atom stereocenters. The summed E-state index contributed by atoms with van der Waals surface area (Å²) >= 11 is 5.15. The first-order chi connectivity index (χ1) is 10.1. The van der Waals surface area contributed by atoms with E-state index in [-0.39, 0.29) is 0 Å². The molecule has 5 nitrogen and oxygen atoms in total. The lowest BCUT2D eigenvalue weighted by Gasteiger charge is -2.09. The van der Waals surface area contributed by atoms with Crippen LogP contribution in [0.15, 0.2) is 28.7 Å². The number of aryl methyl sites for hydroxylation is 2. The second-order valence-corrected chi connectivity index (χ2v) is 6.79. The lowest BCUT2D eigenvalue weighted by molar-refractivity contribution is 1.16. The summed E-state index contributed by atoms with van der Waals surface area (Å²) in [5.74, 6) is 6.59. The smallest absolute Gasteiger partial charge is 0.240 e. The van der Waals surface area contributed by atoms with Crippen molar-refractivity contribution in [3.63, 3.8) is 0 Å². The first-order valence-electron chi connectivity index (χ1n) is 6.35. The average Bonchev–Trinajstić information content (AvgIpc) is 2.83. The standard InChI is InChI=1S/C14H14BrN5S/c1-7-3-4-9(6-11(7)15)17-12-10-5-8(2)21-13(10)19-14(18-12)20-16/h3-6H,16H2,1-2H3,(H2,17,18,19,20). The SMILES string of the molecule is Cc1cc2c(Nc3ccc(C)c(Br)c3)nc(NN)nc2s1. The number of hydrogen-bond donors (Lipinski definition) is 3. The molecule has 0 aliphatic carbocycles. The molecule has 0 bridgehead atoms. The molecular formula is C14H14BrN5S. The molecule has 0 fully saturated rings. The molecule has 7 heteroatoms. The summed E-state index contributed by atoms with van der Waals surface area (Å²) in [5.41, 5.74) is 4.65. The highest BCUT2D eigenvalue weighted by Gasteiger charge is 2.11. The molecule has 0 radical (unpaired) electrons. The number of anilines is 3. The highest BCUT2D eigenvalue weighted by Crippen LogP contribution is 2.32. The molecule has 2 heterocycles. The van der Waals surface area contributed by atoms with Gasteiger partial charge in [0.25, 0.3) is 0 Å². The fraction of sp³-hybridized carbons (Fsp3) is 0.143. The molecule has 3 aromatic rings. The van der Waals surface area contributed by atoms with E-state index in [0.29, 0.717) is 5.95 Å². The zero-order valence-electron chi connectivity index (χ0n) is 11.6. The van der Waals surface area contributed by atoms with Gasteiger partial charge in [0, 0.05) is 15.0 Å². The van der Waals surface area contributed by atoms with E-state index >= 15 is 0 Å². The molecule has 108 valence electrons. The fourth-order valence-electron chi connectivity index (χ4n) is 2.01. The van der Waals surface area contributed by atoms with E-state index in [1.54, 1.807) is 11.3 Å². The van der Waals surface area contributed by atoms with E-state index in [1.807, 2.05) is 25.1 Å². The number of nitrogens with two attached hydrogens (primary N) is 1. The number of nitrogens with zero attached hydrogens (tertiary/aromatic N) is 2. The highest BCUT2D eigenvalue weighted by atomic mass is 79.9. The Hall–Kier alpha value is -1.70. The third kappa shape index (κ3) is 2.85. The first-order valence-corrected chi connectivity index (χ1v) is 7.96. The molecule has 3 rings (SSSR count). The molecule has 0 aliphatic rings. The third-order valence-corrected chi connectivity index (χ3v) is 4.88. The molecule has 0 atom stereocenters. The maximum atomic E-state index is 5.45. The van der Waals surface area contributed by atoms with Crippen LogP contribution in [-0.4, -0.2) is 9.97 Å². The van der Waals surface area contributed by atoms with Crippen molar-refractivity contribution in [2.24, 2.45) is 5.84 Å². The highest BCUT2D eigenvalue weighted by molar-refractivity contribution is 9.10. The van der Waals surface area contributed by atoms with E-state index in [2.05, 4.69) is 49.6 Å². The Morgan fingerprint density at radius 3 is 2.71 bits per heavy atom. The molecule has 4 N–H and O–H groups in total. The van der Waals surface area contributed by atoms with E-state index in [9.17, 15) is 0 Å². The van der Waals surface area contributed by atoms with Crippen molar-refractivity contribution in [3.05, 3.63) is 39.2 Å². The second kappa shape index (κ2) is 5.59. The zero-order chi connectivity index (χ0) is 15.0. The lowest BCUT2D eigenvalue weighted by Crippen LogP contribution is -2.11. The van der Waals surface area contributed by atoms with Crippen molar-refractivity contribution in [1.29, 1.82) is 0 Å². The first kappa shape index (κ1) is 14.2. The van der Waals surface area contributed by atoms with Crippen LogP contribution in [0, 0.1) is 13.8 Å². The summed E-state index contributed by atoms with van der Waals surface area (Å²) in [7, 11) is 0. The molecule has 2 aromatic heterocycles. The molecule has 1 aromatic carbocycles. The molecule has 0 spiro atoms. The molecular weight excluding hydrogens is 350 g/mol. The van der Waals surface area contributed by atoms with E-state index in [4.69, 9.17) is 5.84 Å². The minimum absolute atomic E-state index is 0.401. The number of benzene rings is 1. The van der Waals surface area contributed by atoms with Crippen molar-refractivity contribution >= 4 is 54.9 Å². The second-order valence-electron chi connectivity index (χ2n) is 4.70. The van der Waals surface area contributed by atoms with E-state index in [0.717, 1.165) is 26.2 Å². The number of fused-ring (bicyclic) bond motifs is 1. The Labute approximate surface area is 134 Å². The number of rotatable bonds is 3. The van der Waals surface area contributed by atoms with Crippen LogP contribution < -0.4 is 16.6 Å². The summed E-state index contributed by atoms with van der Waals surface area (Å²) < 4.78 is 1.05. The number of aromatic nitrogens is 2. The predicted octanol–water partition coefficient (Wildman–Crippen LogP) is 4.10. The Balaban J connectivity index is 2.07. The van der Waals surface area contributed by atoms with Crippen LogP contribution in [0.1, 0.15) is 10.4 Å². The number of thiophene rings is 1. The molecule has 21 heavy (non-hydrogen) atoms. The van der Waals surface area contributed by atoms with Gasteiger partial charge in [-0.05, 0) is 37.6 Å². The summed E-state index contributed by atoms with van der Waals surface area (Å²) in [6, 6.07) is 8.17. The van der Waals surface area contributed by atoms with Crippen LogP contribution in [0.5, 0.6) is 0 Å². The van der Waals surface area contributed by atoms with Gasteiger partial charge >= 0.3 is 0 Å². The Bertz CT molecular complexity index is 814. The van der Waals surface area contributed by atoms with Crippen LogP contribution in [-0.2, 0) is 0 Å². The van der Waals surface area contributed by atoms with Crippen molar-refractivity contribution < 1.29 is 0 Å². The summed E-state index contributed by atoms with van der Waals surface area (Å²) in [6.45, 7) is 4.10. The Morgan fingerprint density at radius 1 is 1.19 bits per heavy atom. The quantitative estimate of drug-likeness (QED) is 0.482. The predicted molar refractivity (Wildman–Crippen MR) is 92.1 cm³/mol. The Morgan fingerprint density at radius 2 is 2.00 bits per heavy atom. The largest absolute Gasteiger partial charge is 0.339 e. The minimum Gasteiger partial charge on any atom is -0.339 e.